The van der Waals surface area contributed by atoms with Crippen molar-refractivity contribution >= 4 is 12.0 Å². The lowest BCUT2D eigenvalue weighted by Gasteiger charge is -2.31. The molecular formula is C15H19FN2O. The fourth-order valence-electron chi connectivity index (χ4n) is 2.29. The molecule has 1 heterocycles. The number of hydrogen-bond donors (Lipinski definition) is 1. The van der Waals surface area contributed by atoms with Crippen LogP contribution in [-0.4, -0.2) is 37.0 Å². The molecule has 19 heavy (non-hydrogen) atoms. The molecule has 1 unspecified atom stereocenters. The second kappa shape index (κ2) is 6.48. The minimum Gasteiger partial charge on any atom is -0.338 e. The van der Waals surface area contributed by atoms with Crippen LogP contribution in [0.1, 0.15) is 18.4 Å². The van der Waals surface area contributed by atoms with Gasteiger partial charge in [-0.05, 0) is 32.0 Å². The van der Waals surface area contributed by atoms with E-state index in [0.717, 1.165) is 25.9 Å². The van der Waals surface area contributed by atoms with Crippen molar-refractivity contribution in [1.29, 1.82) is 0 Å². The molecule has 102 valence electrons. The summed E-state index contributed by atoms with van der Waals surface area (Å²) in [5.41, 5.74) is 0.443. The molecule has 0 spiro atoms. The molecule has 2 rings (SSSR count). The topological polar surface area (TPSA) is 32.3 Å². The Hall–Kier alpha value is -1.68. The van der Waals surface area contributed by atoms with E-state index in [1.165, 1.54) is 12.1 Å². The van der Waals surface area contributed by atoms with E-state index in [2.05, 4.69) is 5.32 Å². The number of likely N-dealkylation sites (N-methyl/N-ethyl adjacent to an activating group) is 1. The van der Waals surface area contributed by atoms with Gasteiger partial charge in [-0.25, -0.2) is 4.39 Å². The van der Waals surface area contributed by atoms with Crippen LogP contribution in [0.25, 0.3) is 6.08 Å². The van der Waals surface area contributed by atoms with Crippen LogP contribution in [0.4, 0.5) is 4.39 Å². The number of likely N-dealkylation sites (tertiary alicyclic amines) is 1. The van der Waals surface area contributed by atoms with Gasteiger partial charge in [0.15, 0.2) is 0 Å². The van der Waals surface area contributed by atoms with E-state index >= 15 is 0 Å². The van der Waals surface area contributed by atoms with Gasteiger partial charge in [0.1, 0.15) is 5.82 Å². The van der Waals surface area contributed by atoms with Gasteiger partial charge in [-0.3, -0.25) is 4.79 Å². The highest BCUT2D eigenvalue weighted by atomic mass is 19.1. The van der Waals surface area contributed by atoms with E-state index in [-0.39, 0.29) is 11.7 Å². The Balaban J connectivity index is 1.99. The molecule has 0 bridgehead atoms. The highest BCUT2D eigenvalue weighted by molar-refractivity contribution is 5.91. The van der Waals surface area contributed by atoms with Crippen LogP contribution in [-0.2, 0) is 4.79 Å². The summed E-state index contributed by atoms with van der Waals surface area (Å²) >= 11 is 0. The standard InChI is InChI=1S/C15H19FN2O/c1-17-13-6-4-10-18(11-13)15(19)9-8-12-5-2-3-7-14(12)16/h2-3,5,7-9,13,17H,4,6,10-11H2,1H3/b9-8+. The molecule has 4 heteroatoms. The number of rotatable bonds is 3. The molecule has 1 fully saturated rings. The van der Waals surface area contributed by atoms with Gasteiger partial charge >= 0.3 is 0 Å². The maximum atomic E-state index is 13.4. The molecule has 1 saturated heterocycles. The van der Waals surface area contributed by atoms with Crippen molar-refractivity contribution in [1.82, 2.24) is 10.2 Å². The molecule has 0 aromatic heterocycles. The number of carbonyl (C=O) groups excluding carboxylic acids is 1. The van der Waals surface area contributed by atoms with E-state index in [4.69, 9.17) is 0 Å². The predicted molar refractivity (Wildman–Crippen MR) is 74.1 cm³/mol. The SMILES string of the molecule is CNC1CCCN(C(=O)/C=C/c2ccccc2F)C1. The van der Waals surface area contributed by atoms with Crippen LogP contribution in [0, 0.1) is 5.82 Å². The molecule has 1 aliphatic rings. The van der Waals surface area contributed by atoms with E-state index < -0.39 is 0 Å². The van der Waals surface area contributed by atoms with Crippen LogP contribution in [0.15, 0.2) is 30.3 Å². The second-order valence-electron chi connectivity index (χ2n) is 4.77. The molecule has 1 aromatic carbocycles. The molecule has 0 saturated carbocycles. The third kappa shape index (κ3) is 3.64. The third-order valence-electron chi connectivity index (χ3n) is 3.45. The fourth-order valence-corrected chi connectivity index (χ4v) is 2.29. The average Bonchev–Trinajstić information content (AvgIpc) is 2.46. The number of carbonyl (C=O) groups is 1. The molecule has 1 amide bonds. The summed E-state index contributed by atoms with van der Waals surface area (Å²) in [6.07, 6.45) is 5.10. The minimum absolute atomic E-state index is 0.0526. The van der Waals surface area contributed by atoms with E-state index in [1.54, 1.807) is 24.3 Å². The summed E-state index contributed by atoms with van der Waals surface area (Å²) in [7, 11) is 1.91. The Kier molecular flexibility index (Phi) is 4.68. The number of nitrogens with one attached hydrogen (secondary N) is 1. The minimum atomic E-state index is -0.307. The summed E-state index contributed by atoms with van der Waals surface area (Å²) in [6.45, 7) is 1.50. The number of nitrogens with zero attached hydrogens (tertiary/aromatic N) is 1. The summed E-state index contributed by atoms with van der Waals surface area (Å²) < 4.78 is 13.4. The lowest BCUT2D eigenvalue weighted by molar-refractivity contribution is -0.127. The quantitative estimate of drug-likeness (QED) is 0.846. The van der Waals surface area contributed by atoms with E-state index in [0.29, 0.717) is 11.6 Å². The van der Waals surface area contributed by atoms with E-state index in [9.17, 15) is 9.18 Å². The van der Waals surface area contributed by atoms with E-state index in [1.807, 2.05) is 11.9 Å². The Morgan fingerprint density at radius 1 is 1.47 bits per heavy atom. The first kappa shape index (κ1) is 13.7. The third-order valence-corrected chi connectivity index (χ3v) is 3.45. The Bertz CT molecular complexity index is 473. The maximum Gasteiger partial charge on any atom is 0.246 e. The molecule has 1 N–H and O–H groups in total. The van der Waals surface area contributed by atoms with Gasteiger partial charge in [0, 0.05) is 30.8 Å². The zero-order valence-electron chi connectivity index (χ0n) is 11.1. The Labute approximate surface area is 113 Å². The van der Waals surface area contributed by atoms with Crippen molar-refractivity contribution in [3.05, 3.63) is 41.7 Å². The first-order valence-corrected chi connectivity index (χ1v) is 6.59. The molecule has 1 atom stereocenters. The van der Waals surface area contributed by atoms with Crippen molar-refractivity contribution in [3.63, 3.8) is 0 Å². The van der Waals surface area contributed by atoms with Gasteiger partial charge in [-0.2, -0.15) is 0 Å². The summed E-state index contributed by atoms with van der Waals surface area (Å²) in [4.78, 5) is 13.8. The van der Waals surface area contributed by atoms with Gasteiger partial charge in [0.05, 0.1) is 0 Å². The lowest BCUT2D eigenvalue weighted by Crippen LogP contribution is -2.46. The number of benzene rings is 1. The molecule has 1 aliphatic heterocycles. The van der Waals surface area contributed by atoms with Crippen LogP contribution >= 0.6 is 0 Å². The second-order valence-corrected chi connectivity index (χ2v) is 4.77. The number of halogens is 1. The van der Waals surface area contributed by atoms with Crippen molar-refractivity contribution in [3.8, 4) is 0 Å². The monoisotopic (exact) mass is 262 g/mol. The van der Waals surface area contributed by atoms with Crippen LogP contribution in [0.3, 0.4) is 0 Å². The van der Waals surface area contributed by atoms with Crippen molar-refractivity contribution in [2.24, 2.45) is 0 Å². The van der Waals surface area contributed by atoms with Crippen molar-refractivity contribution in [2.75, 3.05) is 20.1 Å². The first-order valence-electron chi connectivity index (χ1n) is 6.59. The summed E-state index contributed by atoms with van der Waals surface area (Å²) in [5, 5.41) is 3.19. The Morgan fingerprint density at radius 2 is 2.26 bits per heavy atom. The van der Waals surface area contributed by atoms with Crippen molar-refractivity contribution in [2.45, 2.75) is 18.9 Å². The molecular weight excluding hydrogens is 243 g/mol. The molecule has 0 radical (unpaired) electrons. The zero-order chi connectivity index (χ0) is 13.7. The molecule has 1 aromatic rings. The fraction of sp³-hybridized carbons (Fsp3) is 0.400. The molecule has 0 aliphatic carbocycles. The van der Waals surface area contributed by atoms with Crippen molar-refractivity contribution < 1.29 is 9.18 Å². The maximum absolute atomic E-state index is 13.4. The normalized spacial score (nSPS) is 19.9. The van der Waals surface area contributed by atoms with Gasteiger partial charge in [0.2, 0.25) is 5.91 Å². The highest BCUT2D eigenvalue weighted by Crippen LogP contribution is 2.12. The van der Waals surface area contributed by atoms with Gasteiger partial charge in [0.25, 0.3) is 0 Å². The number of hydrogen-bond acceptors (Lipinski definition) is 2. The summed E-state index contributed by atoms with van der Waals surface area (Å²) in [6, 6.07) is 6.80. The highest BCUT2D eigenvalue weighted by Gasteiger charge is 2.20. The first-order chi connectivity index (χ1) is 9.20. The molecule has 3 nitrogen and oxygen atoms in total. The number of amides is 1. The van der Waals surface area contributed by atoms with Crippen LogP contribution in [0.5, 0.6) is 0 Å². The van der Waals surface area contributed by atoms with Crippen LogP contribution in [0.2, 0.25) is 0 Å². The summed E-state index contributed by atoms with van der Waals surface area (Å²) in [5.74, 6) is -0.360. The van der Waals surface area contributed by atoms with Gasteiger partial charge in [-0.1, -0.05) is 18.2 Å². The Morgan fingerprint density at radius 3 is 3.00 bits per heavy atom. The average molecular weight is 262 g/mol. The predicted octanol–water partition coefficient (Wildman–Crippen LogP) is 2.05. The number of piperidine rings is 1. The van der Waals surface area contributed by atoms with Gasteiger partial charge in [-0.15, -0.1) is 0 Å². The van der Waals surface area contributed by atoms with Gasteiger partial charge < -0.3 is 10.2 Å². The zero-order valence-corrected chi connectivity index (χ0v) is 11.1. The smallest absolute Gasteiger partial charge is 0.246 e. The largest absolute Gasteiger partial charge is 0.338 e. The van der Waals surface area contributed by atoms with Crippen LogP contribution < -0.4 is 5.32 Å². The lowest BCUT2D eigenvalue weighted by atomic mass is 10.1.